The van der Waals surface area contributed by atoms with E-state index in [1.54, 1.807) is 5.56 Å². The summed E-state index contributed by atoms with van der Waals surface area (Å²) in [5.74, 6) is 1.67. The lowest BCUT2D eigenvalue weighted by molar-refractivity contribution is 0.128. The largest absolute Gasteiger partial charge is 0.313 e. The van der Waals surface area contributed by atoms with Gasteiger partial charge >= 0.3 is 0 Å². The van der Waals surface area contributed by atoms with Crippen LogP contribution in [0.25, 0.3) is 0 Å². The fraction of sp³-hybridized carbons (Fsp3) is 0.700. The fourth-order valence-electron chi connectivity index (χ4n) is 4.55. The molecule has 0 aliphatic heterocycles. The predicted molar refractivity (Wildman–Crippen MR) is 90.6 cm³/mol. The Hall–Kier alpha value is -0.820. The Kier molecular flexibility index (Phi) is 4.69. The van der Waals surface area contributed by atoms with Crippen LogP contribution in [-0.2, 0) is 0 Å². The highest BCUT2D eigenvalue weighted by Crippen LogP contribution is 2.55. The van der Waals surface area contributed by atoms with Gasteiger partial charge in [-0.1, -0.05) is 63.4 Å². The highest BCUT2D eigenvalue weighted by atomic mass is 15.0. The molecular weight excluding hydrogens is 254 g/mol. The summed E-state index contributed by atoms with van der Waals surface area (Å²) in [7, 11) is 0. The summed E-state index contributed by atoms with van der Waals surface area (Å²) in [6, 6.07) is 11.9. The van der Waals surface area contributed by atoms with Gasteiger partial charge in [0.1, 0.15) is 0 Å². The molecule has 2 aliphatic rings. The molecule has 3 rings (SSSR count). The lowest BCUT2D eigenvalue weighted by Gasteiger charge is -2.42. The molecule has 21 heavy (non-hydrogen) atoms. The van der Waals surface area contributed by atoms with Crippen molar-refractivity contribution < 1.29 is 0 Å². The second-order valence-corrected chi connectivity index (χ2v) is 7.56. The Morgan fingerprint density at radius 1 is 1.14 bits per heavy atom. The number of rotatable bonds is 6. The zero-order chi connectivity index (χ0) is 14.7. The molecule has 2 aliphatic carbocycles. The first-order valence-corrected chi connectivity index (χ1v) is 9.03. The third-order valence-corrected chi connectivity index (χ3v) is 5.86. The summed E-state index contributed by atoms with van der Waals surface area (Å²) >= 11 is 0. The van der Waals surface area contributed by atoms with Crippen LogP contribution in [0.4, 0.5) is 0 Å². The zero-order valence-electron chi connectivity index (χ0n) is 13.8. The van der Waals surface area contributed by atoms with E-state index in [4.69, 9.17) is 0 Å². The number of hydrogen-bond donors (Lipinski definition) is 1. The average molecular weight is 285 g/mol. The summed E-state index contributed by atoms with van der Waals surface area (Å²) in [5.41, 5.74) is 2.09. The smallest absolute Gasteiger partial charge is 0.0155 e. The Bertz CT molecular complexity index is 432. The first-order chi connectivity index (χ1) is 10.2. The van der Waals surface area contributed by atoms with E-state index in [0.717, 1.165) is 17.9 Å². The molecule has 1 aromatic carbocycles. The predicted octanol–water partition coefficient (Wildman–Crippen LogP) is 5.13. The summed E-state index contributed by atoms with van der Waals surface area (Å²) in [6.45, 7) is 6.02. The molecule has 0 heterocycles. The summed E-state index contributed by atoms with van der Waals surface area (Å²) in [5, 5.41) is 3.94. The monoisotopic (exact) mass is 285 g/mol. The summed E-state index contributed by atoms with van der Waals surface area (Å²) in [4.78, 5) is 0. The fourth-order valence-corrected chi connectivity index (χ4v) is 4.55. The van der Waals surface area contributed by atoms with Gasteiger partial charge in [0.2, 0.25) is 0 Å². The Morgan fingerprint density at radius 2 is 1.86 bits per heavy atom. The van der Waals surface area contributed by atoms with Gasteiger partial charge in [-0.15, -0.1) is 0 Å². The van der Waals surface area contributed by atoms with Crippen molar-refractivity contribution in [3.05, 3.63) is 35.9 Å². The molecule has 2 saturated carbocycles. The van der Waals surface area contributed by atoms with Crippen molar-refractivity contribution in [3.8, 4) is 0 Å². The van der Waals surface area contributed by atoms with Gasteiger partial charge in [0.25, 0.3) is 0 Å². The van der Waals surface area contributed by atoms with Crippen molar-refractivity contribution >= 4 is 0 Å². The molecule has 0 saturated heterocycles. The van der Waals surface area contributed by atoms with E-state index >= 15 is 0 Å². The molecule has 1 heteroatoms. The highest BCUT2D eigenvalue weighted by molar-refractivity contribution is 5.27. The molecule has 0 radical (unpaired) electrons. The van der Waals surface area contributed by atoms with E-state index in [1.165, 1.54) is 51.5 Å². The van der Waals surface area contributed by atoms with Crippen molar-refractivity contribution in [1.29, 1.82) is 0 Å². The van der Waals surface area contributed by atoms with Gasteiger partial charge in [0.15, 0.2) is 0 Å². The Morgan fingerprint density at radius 3 is 2.52 bits per heavy atom. The lowest BCUT2D eigenvalue weighted by Crippen LogP contribution is -2.47. The van der Waals surface area contributed by atoms with Crippen LogP contribution in [-0.4, -0.2) is 12.6 Å². The molecule has 1 N–H and O–H groups in total. The van der Waals surface area contributed by atoms with Crippen LogP contribution in [0.2, 0.25) is 0 Å². The van der Waals surface area contributed by atoms with Gasteiger partial charge in [0.05, 0.1) is 0 Å². The first kappa shape index (κ1) is 15.1. The van der Waals surface area contributed by atoms with Crippen molar-refractivity contribution in [3.63, 3.8) is 0 Å². The maximum absolute atomic E-state index is 3.94. The SMILES string of the molecule is CCCNC(C1CC1c1ccccc1)C1(C)CCCCC1. The minimum Gasteiger partial charge on any atom is -0.313 e. The molecular formula is C20H31N. The van der Waals surface area contributed by atoms with Gasteiger partial charge in [-0.3, -0.25) is 0 Å². The lowest BCUT2D eigenvalue weighted by atomic mass is 9.68. The molecule has 2 fully saturated rings. The molecule has 3 atom stereocenters. The van der Waals surface area contributed by atoms with Gasteiger partial charge in [-0.2, -0.15) is 0 Å². The molecule has 0 amide bonds. The van der Waals surface area contributed by atoms with E-state index < -0.39 is 0 Å². The van der Waals surface area contributed by atoms with E-state index in [-0.39, 0.29) is 0 Å². The second-order valence-electron chi connectivity index (χ2n) is 7.56. The number of nitrogens with one attached hydrogen (secondary N) is 1. The van der Waals surface area contributed by atoms with Crippen LogP contribution in [0.15, 0.2) is 30.3 Å². The van der Waals surface area contributed by atoms with Crippen LogP contribution < -0.4 is 5.32 Å². The van der Waals surface area contributed by atoms with Crippen LogP contribution >= 0.6 is 0 Å². The Balaban J connectivity index is 1.71. The number of benzene rings is 1. The van der Waals surface area contributed by atoms with Gasteiger partial charge in [-0.05, 0) is 55.0 Å². The topological polar surface area (TPSA) is 12.0 Å². The zero-order valence-corrected chi connectivity index (χ0v) is 13.8. The van der Waals surface area contributed by atoms with E-state index in [9.17, 15) is 0 Å². The van der Waals surface area contributed by atoms with Crippen LogP contribution in [0.3, 0.4) is 0 Å². The third-order valence-electron chi connectivity index (χ3n) is 5.86. The molecule has 0 aromatic heterocycles. The first-order valence-electron chi connectivity index (χ1n) is 9.03. The van der Waals surface area contributed by atoms with Gasteiger partial charge < -0.3 is 5.32 Å². The minimum absolute atomic E-state index is 0.529. The molecule has 0 spiro atoms. The van der Waals surface area contributed by atoms with E-state index in [1.807, 2.05) is 0 Å². The normalized spacial score (nSPS) is 29.0. The van der Waals surface area contributed by atoms with Crippen LogP contribution in [0, 0.1) is 11.3 Å². The molecule has 0 bridgehead atoms. The maximum atomic E-state index is 3.94. The standard InChI is InChI=1S/C20H31N/c1-3-14-21-19(20(2)12-8-5-9-13-20)18-15-17(18)16-10-6-4-7-11-16/h4,6-7,10-11,17-19,21H,3,5,8-9,12-15H2,1-2H3. The molecule has 3 unspecified atom stereocenters. The third kappa shape index (κ3) is 3.34. The van der Waals surface area contributed by atoms with Gasteiger partial charge in [-0.25, -0.2) is 0 Å². The quantitative estimate of drug-likeness (QED) is 0.764. The van der Waals surface area contributed by atoms with Crippen LogP contribution in [0.1, 0.15) is 70.3 Å². The average Bonchev–Trinajstić information content (AvgIpc) is 3.29. The maximum Gasteiger partial charge on any atom is 0.0155 e. The van der Waals surface area contributed by atoms with Crippen molar-refractivity contribution in [2.45, 2.75) is 70.8 Å². The molecule has 1 nitrogen and oxygen atoms in total. The van der Waals surface area contributed by atoms with E-state index in [0.29, 0.717) is 5.41 Å². The highest BCUT2D eigenvalue weighted by Gasteiger charge is 2.50. The Labute approximate surface area is 130 Å². The van der Waals surface area contributed by atoms with Gasteiger partial charge in [0, 0.05) is 6.04 Å². The van der Waals surface area contributed by atoms with Crippen molar-refractivity contribution in [1.82, 2.24) is 5.32 Å². The minimum atomic E-state index is 0.529. The second kappa shape index (κ2) is 6.52. The molecule has 1 aromatic rings. The van der Waals surface area contributed by atoms with Crippen molar-refractivity contribution in [2.24, 2.45) is 11.3 Å². The molecule has 116 valence electrons. The number of hydrogen-bond acceptors (Lipinski definition) is 1. The van der Waals surface area contributed by atoms with E-state index in [2.05, 4.69) is 49.5 Å². The van der Waals surface area contributed by atoms with Crippen LogP contribution in [0.5, 0.6) is 0 Å². The summed E-state index contributed by atoms with van der Waals surface area (Å²) in [6.07, 6.45) is 9.80. The van der Waals surface area contributed by atoms with Crippen molar-refractivity contribution in [2.75, 3.05) is 6.54 Å². The summed E-state index contributed by atoms with van der Waals surface area (Å²) < 4.78 is 0.